The molecule has 0 atom stereocenters. The van der Waals surface area contributed by atoms with E-state index in [0.29, 0.717) is 26.8 Å². The summed E-state index contributed by atoms with van der Waals surface area (Å²) in [6.45, 7) is 0. The smallest absolute Gasteiger partial charge is 0.306 e. The molecule has 0 saturated heterocycles. The largest absolute Gasteiger partial charge is 0.435 e. The van der Waals surface area contributed by atoms with Crippen LogP contribution >= 0.6 is 19.0 Å². The second-order valence-corrected chi connectivity index (χ2v) is 9.93. The zero-order valence-corrected chi connectivity index (χ0v) is 19.2. The third kappa shape index (κ3) is 5.43. The van der Waals surface area contributed by atoms with Crippen LogP contribution in [0.15, 0.2) is 121 Å². The lowest BCUT2D eigenvalue weighted by Gasteiger charge is -2.22. The first-order valence-electron chi connectivity index (χ1n) is 10.3. The van der Waals surface area contributed by atoms with E-state index in [-0.39, 0.29) is 11.7 Å². The Balaban J connectivity index is 1.77. The molecule has 0 spiro atoms. The quantitative estimate of drug-likeness (QED) is 0.264. The van der Waals surface area contributed by atoms with Crippen molar-refractivity contribution in [2.24, 2.45) is 0 Å². The predicted molar refractivity (Wildman–Crippen MR) is 134 cm³/mol. The van der Waals surface area contributed by atoms with Crippen LogP contribution in [-0.2, 0) is 9.09 Å². The molecule has 4 nitrogen and oxygen atoms in total. The molecule has 0 saturated carbocycles. The second kappa shape index (κ2) is 10.4. The lowest BCUT2D eigenvalue weighted by atomic mass is 10.2. The molecule has 1 N–H and O–H groups in total. The minimum Gasteiger partial charge on any atom is -0.435 e. The summed E-state index contributed by atoms with van der Waals surface area (Å²) in [5.41, 5.74) is 1.08. The van der Waals surface area contributed by atoms with Crippen LogP contribution in [-0.4, -0.2) is 5.91 Å². The summed E-state index contributed by atoms with van der Waals surface area (Å²) >= 11 is 6.21. The second-order valence-electron chi connectivity index (χ2n) is 7.17. The molecule has 0 aliphatic heterocycles. The van der Waals surface area contributed by atoms with Crippen molar-refractivity contribution in [1.82, 2.24) is 5.32 Å². The zero-order valence-electron chi connectivity index (χ0n) is 17.6. The highest BCUT2D eigenvalue weighted by Crippen LogP contribution is 2.48. The Bertz CT molecular complexity index is 1270. The average molecular weight is 474 g/mol. The molecule has 4 aromatic carbocycles. The van der Waals surface area contributed by atoms with E-state index in [4.69, 9.17) is 16.1 Å². The molecule has 0 radical (unpaired) electrons. The van der Waals surface area contributed by atoms with Crippen LogP contribution in [0.4, 0.5) is 0 Å². The maximum atomic E-state index is 14.4. The number of carbonyl (C=O) groups is 1. The average Bonchev–Trinajstić information content (AvgIpc) is 2.88. The maximum Gasteiger partial charge on any atom is 0.306 e. The Kier molecular flexibility index (Phi) is 7.09. The Morgan fingerprint density at radius 1 is 0.727 bits per heavy atom. The van der Waals surface area contributed by atoms with Crippen molar-refractivity contribution in [2.75, 3.05) is 0 Å². The maximum absolute atomic E-state index is 14.4. The predicted octanol–water partition coefficient (Wildman–Crippen LogP) is 6.01. The summed E-state index contributed by atoms with van der Waals surface area (Å²) in [7, 11) is -3.56. The van der Waals surface area contributed by atoms with Crippen LogP contribution in [0.25, 0.3) is 5.76 Å². The van der Waals surface area contributed by atoms with E-state index in [1.807, 2.05) is 42.5 Å². The van der Waals surface area contributed by atoms with Crippen molar-refractivity contribution in [2.45, 2.75) is 0 Å². The Morgan fingerprint density at radius 3 is 1.79 bits per heavy atom. The first kappa shape index (κ1) is 22.6. The monoisotopic (exact) mass is 473 g/mol. The van der Waals surface area contributed by atoms with Crippen LogP contribution in [0.5, 0.6) is 0 Å². The molecular formula is C27H21ClNO3P. The number of nitrogens with one attached hydrogen (secondary N) is 1. The molecular weight excluding hydrogens is 453 g/mol. The van der Waals surface area contributed by atoms with Crippen LogP contribution in [0.3, 0.4) is 0 Å². The van der Waals surface area contributed by atoms with Crippen molar-refractivity contribution in [1.29, 1.82) is 0 Å². The molecule has 0 aliphatic rings. The van der Waals surface area contributed by atoms with E-state index in [9.17, 15) is 9.36 Å². The molecule has 0 aliphatic carbocycles. The first-order valence-corrected chi connectivity index (χ1v) is 12.3. The lowest BCUT2D eigenvalue weighted by Crippen LogP contribution is -2.20. The van der Waals surface area contributed by atoms with Gasteiger partial charge in [-0.05, 0) is 48.5 Å². The summed E-state index contributed by atoms with van der Waals surface area (Å²) < 4.78 is 20.7. The first-order chi connectivity index (χ1) is 16.1. The number of benzene rings is 4. The van der Waals surface area contributed by atoms with Gasteiger partial charge < -0.3 is 9.84 Å². The van der Waals surface area contributed by atoms with Crippen LogP contribution in [0.1, 0.15) is 15.9 Å². The van der Waals surface area contributed by atoms with Crippen LogP contribution in [0.2, 0.25) is 5.02 Å². The fourth-order valence-electron chi connectivity index (χ4n) is 3.25. The number of hydrogen-bond donors (Lipinski definition) is 1. The number of amides is 1. The highest BCUT2D eigenvalue weighted by atomic mass is 35.5. The SMILES string of the molecule is O=C(NC=C(OP(=O)(c1ccccc1)c1ccccc1)c1cccc(Cl)c1)c1ccccc1. The van der Waals surface area contributed by atoms with Crippen LogP contribution < -0.4 is 15.9 Å². The van der Waals surface area contributed by atoms with E-state index >= 15 is 0 Å². The van der Waals surface area contributed by atoms with E-state index in [2.05, 4.69) is 5.32 Å². The molecule has 0 aromatic heterocycles. The van der Waals surface area contributed by atoms with E-state index < -0.39 is 7.37 Å². The van der Waals surface area contributed by atoms with Crippen molar-refractivity contribution in [3.8, 4) is 0 Å². The lowest BCUT2D eigenvalue weighted by molar-refractivity contribution is 0.0969. The molecule has 0 fully saturated rings. The Morgan fingerprint density at radius 2 is 1.24 bits per heavy atom. The van der Waals surface area contributed by atoms with E-state index in [1.165, 1.54) is 6.20 Å². The standard InChI is InChI=1S/C27H21ClNO3P/c28-23-14-10-13-22(19-23)26(20-29-27(30)21-11-4-1-5-12-21)32-33(31,24-15-6-2-7-16-24)25-17-8-3-9-18-25/h1-20H,(H,29,30). The van der Waals surface area contributed by atoms with Gasteiger partial charge in [0.15, 0.2) is 5.76 Å². The number of hydrogen-bond acceptors (Lipinski definition) is 3. The molecule has 0 heterocycles. The van der Waals surface area contributed by atoms with E-state index in [0.717, 1.165) is 0 Å². The van der Waals surface area contributed by atoms with Gasteiger partial charge in [-0.3, -0.25) is 9.36 Å². The third-order valence-corrected chi connectivity index (χ3v) is 7.54. The van der Waals surface area contributed by atoms with Gasteiger partial charge in [-0.15, -0.1) is 0 Å². The Hall–Kier alpha value is -3.59. The van der Waals surface area contributed by atoms with Crippen molar-refractivity contribution >= 4 is 41.2 Å². The normalized spacial score (nSPS) is 11.6. The van der Waals surface area contributed by atoms with Gasteiger partial charge in [0.25, 0.3) is 5.91 Å². The zero-order chi connectivity index (χ0) is 23.1. The molecule has 1 amide bonds. The molecule has 4 rings (SSSR count). The van der Waals surface area contributed by atoms with Gasteiger partial charge in [0.05, 0.1) is 10.6 Å². The minimum absolute atomic E-state index is 0.234. The highest BCUT2D eigenvalue weighted by Gasteiger charge is 2.31. The molecule has 0 unspecified atom stereocenters. The summed E-state index contributed by atoms with van der Waals surface area (Å²) in [4.78, 5) is 12.6. The van der Waals surface area contributed by atoms with Gasteiger partial charge in [0.1, 0.15) is 0 Å². The van der Waals surface area contributed by atoms with Gasteiger partial charge >= 0.3 is 7.37 Å². The van der Waals surface area contributed by atoms with E-state index in [1.54, 1.807) is 72.8 Å². The fourth-order valence-corrected chi connectivity index (χ4v) is 5.51. The van der Waals surface area contributed by atoms with Crippen molar-refractivity contribution < 1.29 is 13.9 Å². The van der Waals surface area contributed by atoms with Gasteiger partial charge in [0.2, 0.25) is 0 Å². The van der Waals surface area contributed by atoms with Gasteiger partial charge in [-0.1, -0.05) is 78.3 Å². The fraction of sp³-hybridized carbons (Fsp3) is 0. The van der Waals surface area contributed by atoms with Crippen LogP contribution in [0, 0.1) is 0 Å². The number of carbonyl (C=O) groups excluding carboxylic acids is 1. The topological polar surface area (TPSA) is 55.4 Å². The minimum atomic E-state index is -3.56. The summed E-state index contributed by atoms with van der Waals surface area (Å²) in [6, 6.07) is 33.9. The van der Waals surface area contributed by atoms with Gasteiger partial charge in [0, 0.05) is 22.3 Å². The van der Waals surface area contributed by atoms with Gasteiger partial charge in [-0.2, -0.15) is 0 Å². The van der Waals surface area contributed by atoms with Crippen molar-refractivity contribution in [3.63, 3.8) is 0 Å². The molecule has 164 valence electrons. The molecule has 6 heteroatoms. The highest BCUT2D eigenvalue weighted by molar-refractivity contribution is 7.74. The van der Waals surface area contributed by atoms with Gasteiger partial charge in [-0.25, -0.2) is 0 Å². The Labute approximate surface area is 198 Å². The summed E-state index contributed by atoms with van der Waals surface area (Å²) in [5.74, 6) is -0.0780. The van der Waals surface area contributed by atoms with Crippen molar-refractivity contribution in [3.05, 3.63) is 138 Å². The number of halogens is 1. The number of rotatable bonds is 7. The third-order valence-electron chi connectivity index (χ3n) is 4.90. The summed E-state index contributed by atoms with van der Waals surface area (Å²) in [5, 5.41) is 4.32. The molecule has 0 bridgehead atoms. The summed E-state index contributed by atoms with van der Waals surface area (Å²) in [6.07, 6.45) is 1.43. The molecule has 4 aromatic rings. The molecule has 33 heavy (non-hydrogen) atoms.